The molecule has 0 radical (unpaired) electrons. The van der Waals surface area contributed by atoms with Crippen LogP contribution >= 0.6 is 0 Å². The Hall–Kier alpha value is -0.650. The van der Waals surface area contributed by atoms with E-state index in [4.69, 9.17) is 4.74 Å². The number of amides is 1. The lowest BCUT2D eigenvalue weighted by atomic mass is 10.2. The van der Waals surface area contributed by atoms with E-state index < -0.39 is 0 Å². The van der Waals surface area contributed by atoms with Gasteiger partial charge in [0.25, 0.3) is 0 Å². The van der Waals surface area contributed by atoms with Gasteiger partial charge >= 0.3 is 0 Å². The molecule has 0 aromatic heterocycles. The minimum Gasteiger partial charge on any atom is -0.383 e. The zero-order valence-corrected chi connectivity index (χ0v) is 10.1. The highest BCUT2D eigenvalue weighted by molar-refractivity contribution is 5.75. The van der Waals surface area contributed by atoms with Gasteiger partial charge in [-0.25, -0.2) is 0 Å². The van der Waals surface area contributed by atoms with E-state index in [2.05, 4.69) is 15.5 Å². The summed E-state index contributed by atoms with van der Waals surface area (Å²) in [5.41, 5.74) is 0. The van der Waals surface area contributed by atoms with Crippen molar-refractivity contribution in [2.75, 3.05) is 53.0 Å². The first-order chi connectivity index (χ1) is 7.83. The number of carbonyl (C=O) groups is 1. The van der Waals surface area contributed by atoms with E-state index in [1.165, 1.54) is 0 Å². The molecule has 0 aromatic rings. The number of nitrogens with zero attached hydrogens (tertiary/aromatic N) is 1. The maximum absolute atomic E-state index is 11.4. The second-order valence-electron chi connectivity index (χ2n) is 4.04. The summed E-state index contributed by atoms with van der Waals surface area (Å²) < 4.78 is 4.86. The van der Waals surface area contributed by atoms with E-state index in [9.17, 15) is 4.79 Å². The van der Waals surface area contributed by atoms with Gasteiger partial charge in [0, 0.05) is 46.3 Å². The third-order valence-electron chi connectivity index (χ3n) is 2.72. The number of methoxy groups -OCH3 is 1. The lowest BCUT2D eigenvalue weighted by Gasteiger charge is -2.26. The van der Waals surface area contributed by atoms with E-state index in [0.29, 0.717) is 19.6 Å². The molecule has 1 saturated heterocycles. The number of ether oxygens (including phenoxy) is 1. The largest absolute Gasteiger partial charge is 0.383 e. The second kappa shape index (κ2) is 8.50. The minimum atomic E-state index is 0.132. The molecule has 94 valence electrons. The van der Waals surface area contributed by atoms with Crippen molar-refractivity contribution in [3.63, 3.8) is 0 Å². The Bertz CT molecular complexity index is 194. The standard InChI is InChI=1S/C11H23N3O2/c1-16-10-6-13-11(15)3-2-7-14-8-4-12-5-9-14/h12H,2-10H2,1H3,(H,13,15). The van der Waals surface area contributed by atoms with Gasteiger partial charge in [-0.2, -0.15) is 0 Å². The van der Waals surface area contributed by atoms with Crippen molar-refractivity contribution in [2.45, 2.75) is 12.8 Å². The van der Waals surface area contributed by atoms with Crippen molar-refractivity contribution in [3.05, 3.63) is 0 Å². The van der Waals surface area contributed by atoms with Gasteiger partial charge in [-0.1, -0.05) is 0 Å². The zero-order valence-electron chi connectivity index (χ0n) is 10.1. The predicted molar refractivity (Wildman–Crippen MR) is 63.4 cm³/mol. The summed E-state index contributed by atoms with van der Waals surface area (Å²) in [7, 11) is 1.64. The molecule has 0 aliphatic carbocycles. The third kappa shape index (κ3) is 6.05. The maximum Gasteiger partial charge on any atom is 0.220 e. The summed E-state index contributed by atoms with van der Waals surface area (Å²) in [5.74, 6) is 0.132. The molecule has 1 aliphatic rings. The van der Waals surface area contributed by atoms with E-state index in [-0.39, 0.29) is 5.91 Å². The van der Waals surface area contributed by atoms with Crippen LogP contribution in [0.4, 0.5) is 0 Å². The van der Waals surface area contributed by atoms with Crippen molar-refractivity contribution in [3.8, 4) is 0 Å². The van der Waals surface area contributed by atoms with Gasteiger partial charge in [0.05, 0.1) is 6.61 Å². The Morgan fingerprint density at radius 3 is 2.88 bits per heavy atom. The zero-order chi connectivity index (χ0) is 11.6. The van der Waals surface area contributed by atoms with E-state index in [0.717, 1.165) is 39.1 Å². The van der Waals surface area contributed by atoms with Crippen LogP contribution < -0.4 is 10.6 Å². The summed E-state index contributed by atoms with van der Waals surface area (Å²) in [6.45, 7) is 6.57. The van der Waals surface area contributed by atoms with E-state index in [1.807, 2.05) is 0 Å². The molecule has 0 spiro atoms. The molecular formula is C11H23N3O2. The maximum atomic E-state index is 11.4. The van der Waals surface area contributed by atoms with Crippen LogP contribution in [0.25, 0.3) is 0 Å². The van der Waals surface area contributed by atoms with Crippen LogP contribution in [-0.2, 0) is 9.53 Å². The molecule has 1 heterocycles. The summed E-state index contributed by atoms with van der Waals surface area (Å²) in [4.78, 5) is 13.8. The fourth-order valence-corrected chi connectivity index (χ4v) is 1.78. The van der Waals surface area contributed by atoms with Crippen LogP contribution in [0.2, 0.25) is 0 Å². The fourth-order valence-electron chi connectivity index (χ4n) is 1.78. The average molecular weight is 229 g/mol. The minimum absolute atomic E-state index is 0.132. The number of hydrogen-bond donors (Lipinski definition) is 2. The van der Waals surface area contributed by atoms with E-state index in [1.54, 1.807) is 7.11 Å². The monoisotopic (exact) mass is 229 g/mol. The molecule has 16 heavy (non-hydrogen) atoms. The first-order valence-electron chi connectivity index (χ1n) is 6.01. The summed E-state index contributed by atoms with van der Waals surface area (Å²) in [6, 6.07) is 0. The molecule has 5 heteroatoms. The van der Waals surface area contributed by atoms with Gasteiger partial charge in [0.2, 0.25) is 5.91 Å². The smallest absolute Gasteiger partial charge is 0.220 e. The van der Waals surface area contributed by atoms with Crippen LogP contribution in [0.5, 0.6) is 0 Å². The van der Waals surface area contributed by atoms with Crippen LogP contribution in [-0.4, -0.2) is 63.8 Å². The summed E-state index contributed by atoms with van der Waals surface area (Å²) in [6.07, 6.45) is 1.56. The number of piperazine rings is 1. The lowest BCUT2D eigenvalue weighted by Crippen LogP contribution is -2.43. The Morgan fingerprint density at radius 1 is 1.44 bits per heavy atom. The molecule has 2 N–H and O–H groups in total. The van der Waals surface area contributed by atoms with Gasteiger partial charge in [0.1, 0.15) is 0 Å². The van der Waals surface area contributed by atoms with Crippen LogP contribution in [0.15, 0.2) is 0 Å². The summed E-state index contributed by atoms with van der Waals surface area (Å²) >= 11 is 0. The van der Waals surface area contributed by atoms with Gasteiger partial charge < -0.3 is 20.3 Å². The van der Waals surface area contributed by atoms with Crippen LogP contribution in [0, 0.1) is 0 Å². The average Bonchev–Trinajstić information content (AvgIpc) is 2.31. The molecule has 0 bridgehead atoms. The Balaban J connectivity index is 1.94. The second-order valence-corrected chi connectivity index (χ2v) is 4.04. The highest BCUT2D eigenvalue weighted by Gasteiger charge is 2.09. The van der Waals surface area contributed by atoms with Crippen molar-refractivity contribution in [2.24, 2.45) is 0 Å². The van der Waals surface area contributed by atoms with E-state index >= 15 is 0 Å². The first-order valence-corrected chi connectivity index (χ1v) is 6.01. The number of nitrogens with one attached hydrogen (secondary N) is 2. The van der Waals surface area contributed by atoms with Crippen LogP contribution in [0.1, 0.15) is 12.8 Å². The number of rotatable bonds is 7. The van der Waals surface area contributed by atoms with Gasteiger partial charge in [0.15, 0.2) is 0 Å². The summed E-state index contributed by atoms with van der Waals surface area (Å²) in [5, 5.41) is 6.14. The molecular weight excluding hydrogens is 206 g/mol. The molecule has 0 atom stereocenters. The fraction of sp³-hybridized carbons (Fsp3) is 0.909. The molecule has 5 nitrogen and oxygen atoms in total. The van der Waals surface area contributed by atoms with Gasteiger partial charge in [-0.15, -0.1) is 0 Å². The lowest BCUT2D eigenvalue weighted by molar-refractivity contribution is -0.121. The van der Waals surface area contributed by atoms with Gasteiger partial charge in [-0.05, 0) is 13.0 Å². The first kappa shape index (κ1) is 13.4. The third-order valence-corrected chi connectivity index (χ3v) is 2.72. The van der Waals surface area contributed by atoms with Gasteiger partial charge in [-0.3, -0.25) is 4.79 Å². The van der Waals surface area contributed by atoms with Crippen molar-refractivity contribution in [1.29, 1.82) is 0 Å². The molecule has 1 fully saturated rings. The molecule has 1 rings (SSSR count). The van der Waals surface area contributed by atoms with Crippen LogP contribution in [0.3, 0.4) is 0 Å². The van der Waals surface area contributed by atoms with Crippen molar-refractivity contribution < 1.29 is 9.53 Å². The van der Waals surface area contributed by atoms with Crippen molar-refractivity contribution in [1.82, 2.24) is 15.5 Å². The highest BCUT2D eigenvalue weighted by atomic mass is 16.5. The predicted octanol–water partition coefficient (Wildman–Crippen LogP) is -0.566. The highest BCUT2D eigenvalue weighted by Crippen LogP contribution is 1.97. The normalized spacial score (nSPS) is 17.3. The topological polar surface area (TPSA) is 53.6 Å². The molecule has 0 aromatic carbocycles. The SMILES string of the molecule is COCCNC(=O)CCCN1CCNCC1. The molecule has 0 saturated carbocycles. The molecule has 0 unspecified atom stereocenters. The number of hydrogen-bond acceptors (Lipinski definition) is 4. The van der Waals surface area contributed by atoms with Crippen molar-refractivity contribution >= 4 is 5.91 Å². The Labute approximate surface area is 97.5 Å². The molecule has 1 amide bonds. The molecule has 1 aliphatic heterocycles. The number of carbonyl (C=O) groups excluding carboxylic acids is 1. The Morgan fingerprint density at radius 2 is 2.19 bits per heavy atom. The Kier molecular flexibility index (Phi) is 7.12. The quantitative estimate of drug-likeness (QED) is 0.574.